The maximum absolute atomic E-state index is 12.6. The van der Waals surface area contributed by atoms with Crippen LogP contribution in [0.5, 0.6) is 0 Å². The maximum Gasteiger partial charge on any atom is 0.224 e. The molecular weight excluding hydrogens is 372 g/mol. The van der Waals surface area contributed by atoms with Crippen LogP contribution in [0.25, 0.3) is 10.9 Å². The number of piperazine rings is 1. The molecule has 28 heavy (non-hydrogen) atoms. The highest BCUT2D eigenvalue weighted by molar-refractivity contribution is 6.31. The van der Waals surface area contributed by atoms with Crippen molar-refractivity contribution in [3.63, 3.8) is 0 Å². The number of halogens is 1. The van der Waals surface area contributed by atoms with Crippen LogP contribution >= 0.6 is 11.6 Å². The van der Waals surface area contributed by atoms with Crippen molar-refractivity contribution in [1.82, 2.24) is 19.6 Å². The summed E-state index contributed by atoms with van der Waals surface area (Å²) in [5, 5.41) is 6.10. The van der Waals surface area contributed by atoms with Crippen LogP contribution in [-0.4, -0.2) is 51.7 Å². The second kappa shape index (κ2) is 8.33. The zero-order valence-corrected chi connectivity index (χ0v) is 16.9. The number of hydrogen-bond acceptors (Lipinski definition) is 3. The summed E-state index contributed by atoms with van der Waals surface area (Å²) in [7, 11) is 0. The van der Waals surface area contributed by atoms with Gasteiger partial charge in [0.15, 0.2) is 0 Å². The normalized spacial score (nSPS) is 15.3. The van der Waals surface area contributed by atoms with Gasteiger partial charge in [0.05, 0.1) is 18.3 Å². The predicted octanol–water partition coefficient (Wildman–Crippen LogP) is 3.73. The van der Waals surface area contributed by atoms with Gasteiger partial charge in [-0.2, -0.15) is 5.10 Å². The lowest BCUT2D eigenvalue weighted by Crippen LogP contribution is -2.48. The Morgan fingerprint density at radius 1 is 1.07 bits per heavy atom. The third-order valence-electron chi connectivity index (χ3n) is 5.39. The van der Waals surface area contributed by atoms with Crippen molar-refractivity contribution < 1.29 is 4.79 Å². The first-order valence-corrected chi connectivity index (χ1v) is 10.1. The Morgan fingerprint density at radius 3 is 2.57 bits per heavy atom. The first kappa shape index (κ1) is 19.0. The van der Waals surface area contributed by atoms with E-state index in [0.717, 1.165) is 43.6 Å². The molecule has 0 aliphatic carbocycles. The third-order valence-corrected chi connectivity index (χ3v) is 5.63. The van der Waals surface area contributed by atoms with Gasteiger partial charge < -0.3 is 4.90 Å². The fourth-order valence-electron chi connectivity index (χ4n) is 3.70. The number of rotatable bonds is 5. The molecule has 3 aromatic rings. The number of fused-ring (bicyclic) bond motifs is 1. The van der Waals surface area contributed by atoms with E-state index in [1.807, 2.05) is 27.8 Å². The number of nitrogens with zero attached hydrogens (tertiary/aromatic N) is 4. The zero-order chi connectivity index (χ0) is 19.5. The Kier molecular flexibility index (Phi) is 5.64. The Hall–Kier alpha value is -2.37. The SMILES string of the molecule is Cc1ccc(CN2CCN(C(=O)CCn3ncc4cc(Cl)ccc43)CC2)cc1. The van der Waals surface area contributed by atoms with E-state index >= 15 is 0 Å². The number of aryl methyl sites for hydroxylation is 2. The van der Waals surface area contributed by atoms with E-state index in [9.17, 15) is 4.79 Å². The van der Waals surface area contributed by atoms with Gasteiger partial charge in [-0.15, -0.1) is 0 Å². The van der Waals surface area contributed by atoms with Crippen LogP contribution in [0.15, 0.2) is 48.7 Å². The minimum atomic E-state index is 0.201. The van der Waals surface area contributed by atoms with Gasteiger partial charge in [0.1, 0.15) is 0 Å². The van der Waals surface area contributed by atoms with Crippen LogP contribution in [0.2, 0.25) is 5.02 Å². The summed E-state index contributed by atoms with van der Waals surface area (Å²) in [6.45, 7) is 7.07. The summed E-state index contributed by atoms with van der Waals surface area (Å²) in [5.74, 6) is 0.201. The van der Waals surface area contributed by atoms with E-state index in [2.05, 4.69) is 41.2 Å². The van der Waals surface area contributed by atoms with Crippen molar-refractivity contribution in [1.29, 1.82) is 0 Å². The molecule has 0 atom stereocenters. The maximum atomic E-state index is 12.6. The van der Waals surface area contributed by atoms with Crippen LogP contribution < -0.4 is 0 Å². The first-order chi connectivity index (χ1) is 13.6. The van der Waals surface area contributed by atoms with E-state index in [0.29, 0.717) is 18.0 Å². The minimum Gasteiger partial charge on any atom is -0.340 e. The van der Waals surface area contributed by atoms with Crippen molar-refractivity contribution in [3.8, 4) is 0 Å². The van der Waals surface area contributed by atoms with E-state index in [4.69, 9.17) is 11.6 Å². The molecule has 2 heterocycles. The largest absolute Gasteiger partial charge is 0.340 e. The number of aromatic nitrogens is 2. The van der Waals surface area contributed by atoms with E-state index < -0.39 is 0 Å². The molecule has 0 unspecified atom stereocenters. The molecule has 0 N–H and O–H groups in total. The Balaban J connectivity index is 1.27. The molecule has 0 spiro atoms. The summed E-state index contributed by atoms with van der Waals surface area (Å²) in [4.78, 5) is 17.0. The summed E-state index contributed by atoms with van der Waals surface area (Å²) >= 11 is 6.02. The molecule has 1 saturated heterocycles. The van der Waals surface area contributed by atoms with Crippen LogP contribution in [0.4, 0.5) is 0 Å². The first-order valence-electron chi connectivity index (χ1n) is 9.75. The van der Waals surface area contributed by atoms with Gasteiger partial charge in [-0.3, -0.25) is 14.4 Å². The summed E-state index contributed by atoms with van der Waals surface area (Å²) in [6.07, 6.45) is 2.27. The molecule has 146 valence electrons. The number of carbonyl (C=O) groups is 1. The molecule has 1 aliphatic rings. The standard InChI is InChI=1S/C22H25ClN4O/c1-17-2-4-18(5-3-17)16-25-10-12-26(13-11-25)22(28)8-9-27-21-7-6-20(23)14-19(21)15-24-27/h2-7,14-15H,8-13,16H2,1H3. The summed E-state index contributed by atoms with van der Waals surface area (Å²) in [6, 6.07) is 14.4. The number of benzene rings is 2. The second-order valence-electron chi connectivity index (χ2n) is 7.46. The van der Waals surface area contributed by atoms with Crippen molar-refractivity contribution in [2.75, 3.05) is 26.2 Å². The minimum absolute atomic E-state index is 0.201. The highest BCUT2D eigenvalue weighted by atomic mass is 35.5. The lowest BCUT2D eigenvalue weighted by Gasteiger charge is -2.34. The van der Waals surface area contributed by atoms with Crippen LogP contribution in [0, 0.1) is 6.92 Å². The highest BCUT2D eigenvalue weighted by Gasteiger charge is 2.21. The van der Waals surface area contributed by atoms with Gasteiger partial charge in [-0.25, -0.2) is 0 Å². The zero-order valence-electron chi connectivity index (χ0n) is 16.1. The smallest absolute Gasteiger partial charge is 0.224 e. The predicted molar refractivity (Wildman–Crippen MR) is 112 cm³/mol. The van der Waals surface area contributed by atoms with Crippen molar-refractivity contribution in [2.45, 2.75) is 26.4 Å². The number of carbonyl (C=O) groups excluding carboxylic acids is 1. The van der Waals surface area contributed by atoms with Gasteiger partial charge in [-0.1, -0.05) is 41.4 Å². The Bertz CT molecular complexity index is 958. The fraction of sp³-hybridized carbons (Fsp3) is 0.364. The van der Waals surface area contributed by atoms with Crippen molar-refractivity contribution in [2.24, 2.45) is 0 Å². The molecule has 0 radical (unpaired) electrons. The quantitative estimate of drug-likeness (QED) is 0.659. The Labute approximate surface area is 170 Å². The van der Waals surface area contributed by atoms with Crippen molar-refractivity contribution in [3.05, 3.63) is 64.8 Å². The van der Waals surface area contributed by atoms with Gasteiger partial charge in [-0.05, 0) is 30.7 Å². The molecule has 1 aromatic heterocycles. The van der Waals surface area contributed by atoms with Crippen LogP contribution in [-0.2, 0) is 17.9 Å². The topological polar surface area (TPSA) is 41.4 Å². The average Bonchev–Trinajstić information content (AvgIpc) is 3.10. The monoisotopic (exact) mass is 396 g/mol. The van der Waals surface area contributed by atoms with Crippen LogP contribution in [0.3, 0.4) is 0 Å². The summed E-state index contributed by atoms with van der Waals surface area (Å²) in [5.41, 5.74) is 3.63. The molecule has 0 saturated carbocycles. The second-order valence-corrected chi connectivity index (χ2v) is 7.90. The lowest BCUT2D eigenvalue weighted by molar-refractivity contribution is -0.133. The summed E-state index contributed by atoms with van der Waals surface area (Å²) < 4.78 is 1.89. The molecule has 1 amide bonds. The number of hydrogen-bond donors (Lipinski definition) is 0. The third kappa shape index (κ3) is 4.37. The van der Waals surface area contributed by atoms with Gasteiger partial charge in [0.25, 0.3) is 0 Å². The molecule has 1 fully saturated rings. The van der Waals surface area contributed by atoms with E-state index in [1.165, 1.54) is 11.1 Å². The highest BCUT2D eigenvalue weighted by Crippen LogP contribution is 2.19. The number of amides is 1. The lowest BCUT2D eigenvalue weighted by atomic mass is 10.1. The molecule has 1 aliphatic heterocycles. The van der Waals surface area contributed by atoms with E-state index in [1.54, 1.807) is 6.20 Å². The fourth-order valence-corrected chi connectivity index (χ4v) is 3.88. The van der Waals surface area contributed by atoms with Gasteiger partial charge in [0.2, 0.25) is 5.91 Å². The molecule has 5 nitrogen and oxygen atoms in total. The van der Waals surface area contributed by atoms with Gasteiger partial charge in [0, 0.05) is 49.6 Å². The molecule has 4 rings (SSSR count). The molecule has 0 bridgehead atoms. The molecule has 6 heteroatoms. The van der Waals surface area contributed by atoms with Gasteiger partial charge >= 0.3 is 0 Å². The van der Waals surface area contributed by atoms with E-state index in [-0.39, 0.29) is 5.91 Å². The van der Waals surface area contributed by atoms with Crippen LogP contribution in [0.1, 0.15) is 17.5 Å². The molecular formula is C22H25ClN4O. The average molecular weight is 397 g/mol. The Morgan fingerprint density at radius 2 is 1.82 bits per heavy atom. The van der Waals surface area contributed by atoms with Crippen molar-refractivity contribution >= 4 is 28.4 Å². The molecule has 2 aromatic carbocycles.